The summed E-state index contributed by atoms with van der Waals surface area (Å²) >= 11 is 0. The van der Waals surface area contributed by atoms with Gasteiger partial charge in [-0.3, -0.25) is 14.8 Å². The zero-order valence-corrected chi connectivity index (χ0v) is 10.3. The summed E-state index contributed by atoms with van der Waals surface area (Å²) in [5.41, 5.74) is 4.33. The van der Waals surface area contributed by atoms with Gasteiger partial charge >= 0.3 is 0 Å². The lowest BCUT2D eigenvalue weighted by molar-refractivity contribution is 1.29. The Morgan fingerprint density at radius 3 is 1.60 bits per heavy atom. The van der Waals surface area contributed by atoms with Crippen LogP contribution in [0.25, 0.3) is 33.1 Å². The van der Waals surface area contributed by atoms with Crippen LogP contribution in [0.3, 0.4) is 0 Å². The van der Waals surface area contributed by atoms with E-state index in [1.54, 1.807) is 24.5 Å². The van der Waals surface area contributed by atoms with Gasteiger partial charge in [0.25, 0.3) is 0 Å². The Morgan fingerprint density at radius 1 is 0.600 bits per heavy atom. The van der Waals surface area contributed by atoms with E-state index in [0.717, 1.165) is 22.1 Å². The fourth-order valence-electron chi connectivity index (χ4n) is 2.17. The van der Waals surface area contributed by atoms with Crippen molar-refractivity contribution >= 4 is 33.1 Å². The maximum Gasteiger partial charge on any atom is 0.178 e. The van der Waals surface area contributed by atoms with Crippen molar-refractivity contribution in [3.63, 3.8) is 0 Å². The van der Waals surface area contributed by atoms with Crippen molar-refractivity contribution < 1.29 is 0 Å². The molecule has 94 valence electrons. The highest BCUT2D eigenvalue weighted by Crippen LogP contribution is 2.19. The quantitative estimate of drug-likeness (QED) is 0.453. The molecule has 0 atom stereocenters. The van der Waals surface area contributed by atoms with Gasteiger partial charge < -0.3 is 0 Å². The molecule has 0 unspecified atom stereocenters. The minimum Gasteiger partial charge on any atom is -0.290 e. The van der Waals surface area contributed by atoms with Crippen molar-refractivity contribution in [2.45, 2.75) is 0 Å². The lowest BCUT2D eigenvalue weighted by atomic mass is 10.2. The fraction of sp³-hybridized carbons (Fsp3) is 0. The van der Waals surface area contributed by atoms with Gasteiger partial charge in [0.1, 0.15) is 0 Å². The monoisotopic (exact) mass is 260 g/mol. The maximum absolute atomic E-state index is 11.4. The van der Waals surface area contributed by atoms with Crippen molar-refractivity contribution in [3.05, 3.63) is 59.0 Å². The second-order valence-electron chi connectivity index (χ2n) is 4.45. The summed E-state index contributed by atoms with van der Waals surface area (Å²) in [6.45, 7) is 0. The van der Waals surface area contributed by atoms with Crippen LogP contribution in [0.2, 0.25) is 0 Å². The van der Waals surface area contributed by atoms with E-state index in [9.17, 15) is 4.79 Å². The Bertz CT molecular complexity index is 950. The zero-order chi connectivity index (χ0) is 13.5. The highest BCUT2D eigenvalue weighted by molar-refractivity contribution is 5.94. The predicted molar refractivity (Wildman–Crippen MR) is 76.4 cm³/mol. The van der Waals surface area contributed by atoms with Crippen LogP contribution < -0.4 is 5.43 Å². The molecule has 0 bridgehead atoms. The summed E-state index contributed by atoms with van der Waals surface area (Å²) in [6.07, 6.45) is 3.29. The van der Waals surface area contributed by atoms with Crippen molar-refractivity contribution in [3.8, 4) is 0 Å². The normalized spacial score (nSPS) is 11.2. The van der Waals surface area contributed by atoms with E-state index in [0.29, 0.717) is 11.0 Å². The number of benzene rings is 1. The van der Waals surface area contributed by atoms with Crippen molar-refractivity contribution in [1.29, 1.82) is 0 Å². The third-order valence-corrected chi connectivity index (χ3v) is 3.12. The summed E-state index contributed by atoms with van der Waals surface area (Å²) in [5, 5.41) is 0. The molecule has 0 radical (unpaired) electrons. The molecule has 0 aliphatic rings. The standard InChI is InChI=1S/C15H8N4O/c20-9-1-3-10-11(4-2-9)19-15-8-13-12(7-14(15)18-10)16-5-6-17-13/h1-8H. The highest BCUT2D eigenvalue weighted by atomic mass is 16.1. The molecule has 0 amide bonds. The van der Waals surface area contributed by atoms with E-state index in [1.807, 2.05) is 12.1 Å². The van der Waals surface area contributed by atoms with Gasteiger partial charge in [-0.05, 0) is 36.4 Å². The first kappa shape index (κ1) is 10.9. The second kappa shape index (κ2) is 4.03. The number of hydrogen-bond acceptors (Lipinski definition) is 5. The fourth-order valence-corrected chi connectivity index (χ4v) is 2.17. The van der Waals surface area contributed by atoms with Gasteiger partial charge in [0, 0.05) is 12.4 Å². The van der Waals surface area contributed by atoms with E-state index in [-0.39, 0.29) is 5.43 Å². The lowest BCUT2D eigenvalue weighted by Gasteiger charge is -2.00. The summed E-state index contributed by atoms with van der Waals surface area (Å²) < 4.78 is 0. The van der Waals surface area contributed by atoms with Gasteiger partial charge in [-0.1, -0.05) is 0 Å². The Kier molecular flexibility index (Phi) is 2.20. The van der Waals surface area contributed by atoms with Crippen LogP contribution in [-0.2, 0) is 0 Å². The van der Waals surface area contributed by atoms with Crippen molar-refractivity contribution in [1.82, 2.24) is 19.9 Å². The molecule has 2 aromatic carbocycles. The van der Waals surface area contributed by atoms with Crippen LogP contribution >= 0.6 is 0 Å². The topological polar surface area (TPSA) is 68.6 Å². The molecule has 5 heteroatoms. The summed E-state index contributed by atoms with van der Waals surface area (Å²) in [5.74, 6) is 0. The molecule has 2 heterocycles. The van der Waals surface area contributed by atoms with Crippen LogP contribution in [0.4, 0.5) is 0 Å². The Balaban J connectivity index is 2.18. The molecule has 4 rings (SSSR count). The van der Waals surface area contributed by atoms with Gasteiger partial charge in [0.05, 0.1) is 33.1 Å². The van der Waals surface area contributed by atoms with E-state index >= 15 is 0 Å². The minimum absolute atomic E-state index is 0.0673. The number of hydrogen-bond donors (Lipinski definition) is 0. The molecule has 0 saturated heterocycles. The van der Waals surface area contributed by atoms with E-state index in [2.05, 4.69) is 19.9 Å². The van der Waals surface area contributed by atoms with Crippen molar-refractivity contribution in [2.75, 3.05) is 0 Å². The third-order valence-electron chi connectivity index (χ3n) is 3.12. The molecular formula is C15H8N4O. The lowest BCUT2D eigenvalue weighted by Crippen LogP contribution is -1.88. The molecule has 5 nitrogen and oxygen atoms in total. The molecule has 4 aromatic rings. The first-order valence-corrected chi connectivity index (χ1v) is 6.12. The van der Waals surface area contributed by atoms with Gasteiger partial charge in [-0.25, -0.2) is 9.97 Å². The van der Waals surface area contributed by atoms with Crippen LogP contribution in [0.1, 0.15) is 0 Å². The SMILES string of the molecule is O=c1ccc2nc3cc4nccnc4cc3nc2cc1. The van der Waals surface area contributed by atoms with Crippen LogP contribution in [-0.4, -0.2) is 19.9 Å². The zero-order valence-electron chi connectivity index (χ0n) is 10.3. The summed E-state index contributed by atoms with van der Waals surface area (Å²) in [7, 11) is 0. The number of fused-ring (bicyclic) bond motifs is 3. The number of rotatable bonds is 0. The maximum atomic E-state index is 11.4. The largest absolute Gasteiger partial charge is 0.290 e. The Hall–Kier alpha value is -2.95. The molecule has 0 aliphatic carbocycles. The first-order chi connectivity index (χ1) is 9.79. The third kappa shape index (κ3) is 1.68. The number of aromatic nitrogens is 4. The first-order valence-electron chi connectivity index (χ1n) is 6.12. The average Bonchev–Trinajstić information content (AvgIpc) is 2.65. The summed E-state index contributed by atoms with van der Waals surface area (Å²) in [4.78, 5) is 29.0. The van der Waals surface area contributed by atoms with Gasteiger partial charge in [0.2, 0.25) is 0 Å². The average molecular weight is 260 g/mol. The van der Waals surface area contributed by atoms with Crippen LogP contribution in [0, 0.1) is 0 Å². The summed E-state index contributed by atoms with van der Waals surface area (Å²) in [6, 6.07) is 10.1. The minimum atomic E-state index is -0.0673. The number of nitrogens with zero attached hydrogens (tertiary/aromatic N) is 4. The smallest absolute Gasteiger partial charge is 0.178 e. The predicted octanol–water partition coefficient (Wildman–Crippen LogP) is 2.09. The second-order valence-corrected chi connectivity index (χ2v) is 4.45. The Labute approximate surface area is 113 Å². The van der Waals surface area contributed by atoms with Gasteiger partial charge in [0.15, 0.2) is 5.43 Å². The molecule has 2 aromatic heterocycles. The van der Waals surface area contributed by atoms with E-state index in [4.69, 9.17) is 0 Å². The molecule has 0 fully saturated rings. The van der Waals surface area contributed by atoms with Crippen LogP contribution in [0.5, 0.6) is 0 Å². The highest BCUT2D eigenvalue weighted by Gasteiger charge is 2.04. The van der Waals surface area contributed by atoms with E-state index < -0.39 is 0 Å². The molecule has 20 heavy (non-hydrogen) atoms. The van der Waals surface area contributed by atoms with E-state index in [1.165, 1.54) is 12.1 Å². The molecule has 0 spiro atoms. The van der Waals surface area contributed by atoms with Crippen LogP contribution in [0.15, 0.2) is 53.6 Å². The van der Waals surface area contributed by atoms with Gasteiger partial charge in [-0.2, -0.15) is 0 Å². The molecule has 0 saturated carbocycles. The van der Waals surface area contributed by atoms with Crippen molar-refractivity contribution in [2.24, 2.45) is 0 Å². The Morgan fingerprint density at radius 2 is 1.10 bits per heavy atom. The van der Waals surface area contributed by atoms with Gasteiger partial charge in [-0.15, -0.1) is 0 Å². The molecule has 0 aliphatic heterocycles. The molecular weight excluding hydrogens is 252 g/mol. The molecule has 0 N–H and O–H groups in total.